The Bertz CT molecular complexity index is 1010. The number of aryl methyl sites for hydroxylation is 1. The molecule has 3 aromatic rings. The number of carbonyl (C=O) groups is 2. The fourth-order valence-electron chi connectivity index (χ4n) is 2.98. The molecule has 0 unspecified atom stereocenters. The molecule has 7 nitrogen and oxygen atoms in total. The van der Waals surface area contributed by atoms with Crippen LogP contribution >= 0.6 is 0 Å². The standard InChI is InChI=1S/C23H25N3O4/c1-16-21(22(24-30-16)18-8-6-5-7-9-18)23(28)29-15-20(27)26(4)14-17-10-12-19(13-11-17)25(2)3/h5-13H,14-15H2,1-4H3. The van der Waals surface area contributed by atoms with E-state index in [1.165, 1.54) is 4.90 Å². The molecule has 0 aliphatic rings. The lowest BCUT2D eigenvalue weighted by Gasteiger charge is -2.18. The van der Waals surface area contributed by atoms with Gasteiger partial charge in [0, 0.05) is 38.9 Å². The molecule has 0 spiro atoms. The number of aromatic nitrogens is 1. The van der Waals surface area contributed by atoms with E-state index in [0.717, 1.165) is 16.8 Å². The first-order chi connectivity index (χ1) is 14.4. The summed E-state index contributed by atoms with van der Waals surface area (Å²) in [6.45, 7) is 1.71. The maximum atomic E-state index is 12.6. The molecule has 0 radical (unpaired) electrons. The predicted octanol–water partition coefficient (Wildman–Crippen LogP) is 3.53. The third-order valence-electron chi connectivity index (χ3n) is 4.74. The van der Waals surface area contributed by atoms with Gasteiger partial charge in [0.1, 0.15) is 17.0 Å². The van der Waals surface area contributed by atoms with Crippen molar-refractivity contribution >= 4 is 17.6 Å². The molecular weight excluding hydrogens is 382 g/mol. The molecule has 1 heterocycles. The SMILES string of the molecule is Cc1onc(-c2ccccc2)c1C(=O)OCC(=O)N(C)Cc1ccc(N(C)C)cc1. The zero-order chi connectivity index (χ0) is 21.7. The van der Waals surface area contributed by atoms with Gasteiger partial charge in [0.2, 0.25) is 0 Å². The van der Waals surface area contributed by atoms with E-state index >= 15 is 0 Å². The van der Waals surface area contributed by atoms with E-state index in [-0.39, 0.29) is 18.1 Å². The lowest BCUT2D eigenvalue weighted by atomic mass is 10.1. The average Bonchev–Trinajstić information content (AvgIpc) is 3.14. The molecule has 30 heavy (non-hydrogen) atoms. The largest absolute Gasteiger partial charge is 0.452 e. The van der Waals surface area contributed by atoms with Gasteiger partial charge in [-0.25, -0.2) is 4.79 Å². The molecule has 0 N–H and O–H groups in total. The van der Waals surface area contributed by atoms with Crippen LogP contribution in [0.2, 0.25) is 0 Å². The van der Waals surface area contributed by atoms with Crippen LogP contribution < -0.4 is 4.90 Å². The van der Waals surface area contributed by atoms with E-state index in [2.05, 4.69) is 5.16 Å². The number of anilines is 1. The van der Waals surface area contributed by atoms with Crippen LogP contribution in [0.25, 0.3) is 11.3 Å². The van der Waals surface area contributed by atoms with Crippen molar-refractivity contribution in [2.45, 2.75) is 13.5 Å². The number of rotatable bonds is 7. The minimum Gasteiger partial charge on any atom is -0.452 e. The summed E-state index contributed by atoms with van der Waals surface area (Å²) in [4.78, 5) is 28.6. The van der Waals surface area contributed by atoms with Crippen LogP contribution in [0.5, 0.6) is 0 Å². The van der Waals surface area contributed by atoms with Crippen molar-refractivity contribution in [2.24, 2.45) is 0 Å². The molecule has 0 aliphatic heterocycles. The normalized spacial score (nSPS) is 10.5. The Morgan fingerprint density at radius 3 is 2.30 bits per heavy atom. The molecule has 1 amide bonds. The van der Waals surface area contributed by atoms with Gasteiger partial charge in [-0.05, 0) is 24.6 Å². The average molecular weight is 407 g/mol. The van der Waals surface area contributed by atoms with Gasteiger partial charge in [-0.3, -0.25) is 4.79 Å². The number of ether oxygens (including phenoxy) is 1. The van der Waals surface area contributed by atoms with Crippen LogP contribution in [0.4, 0.5) is 5.69 Å². The Morgan fingerprint density at radius 1 is 1.00 bits per heavy atom. The fraction of sp³-hybridized carbons (Fsp3) is 0.261. The van der Waals surface area contributed by atoms with Gasteiger partial charge in [0.25, 0.3) is 5.91 Å². The summed E-state index contributed by atoms with van der Waals surface area (Å²) in [6, 6.07) is 17.1. The number of esters is 1. The smallest absolute Gasteiger partial charge is 0.344 e. The topological polar surface area (TPSA) is 75.9 Å². The number of carbonyl (C=O) groups excluding carboxylic acids is 2. The summed E-state index contributed by atoms with van der Waals surface area (Å²) in [7, 11) is 5.62. The Hall–Kier alpha value is -3.61. The second-order valence-electron chi connectivity index (χ2n) is 7.22. The van der Waals surface area contributed by atoms with E-state index in [9.17, 15) is 9.59 Å². The van der Waals surface area contributed by atoms with Gasteiger partial charge in [-0.1, -0.05) is 47.6 Å². The Balaban J connectivity index is 1.61. The van der Waals surface area contributed by atoms with Crippen LogP contribution in [-0.2, 0) is 16.1 Å². The quantitative estimate of drug-likeness (QED) is 0.558. The van der Waals surface area contributed by atoms with E-state index in [4.69, 9.17) is 9.26 Å². The maximum absolute atomic E-state index is 12.6. The lowest BCUT2D eigenvalue weighted by molar-refractivity contribution is -0.133. The number of likely N-dealkylation sites (N-methyl/N-ethyl adjacent to an activating group) is 1. The Labute approximate surface area is 175 Å². The number of benzene rings is 2. The van der Waals surface area contributed by atoms with Gasteiger partial charge in [0.15, 0.2) is 6.61 Å². The van der Waals surface area contributed by atoms with E-state index in [1.54, 1.807) is 14.0 Å². The number of hydrogen-bond donors (Lipinski definition) is 0. The molecule has 1 aromatic heterocycles. The van der Waals surface area contributed by atoms with Crippen LogP contribution in [0.3, 0.4) is 0 Å². The summed E-state index contributed by atoms with van der Waals surface area (Å²) in [5.41, 5.74) is 3.45. The predicted molar refractivity (Wildman–Crippen MR) is 114 cm³/mol. The first-order valence-corrected chi connectivity index (χ1v) is 9.56. The summed E-state index contributed by atoms with van der Waals surface area (Å²) in [6.07, 6.45) is 0. The van der Waals surface area contributed by atoms with Crippen LogP contribution in [-0.4, -0.2) is 49.7 Å². The van der Waals surface area contributed by atoms with Crippen molar-refractivity contribution in [1.82, 2.24) is 10.1 Å². The summed E-state index contributed by atoms with van der Waals surface area (Å²) >= 11 is 0. The monoisotopic (exact) mass is 407 g/mol. The number of amides is 1. The molecule has 0 aliphatic carbocycles. The molecule has 156 valence electrons. The molecule has 2 aromatic carbocycles. The molecule has 3 rings (SSSR count). The van der Waals surface area contributed by atoms with Crippen molar-refractivity contribution in [2.75, 3.05) is 32.6 Å². The molecule has 7 heteroatoms. The molecule has 0 saturated carbocycles. The van der Waals surface area contributed by atoms with Gasteiger partial charge < -0.3 is 19.1 Å². The van der Waals surface area contributed by atoms with Crippen LogP contribution in [0.1, 0.15) is 21.7 Å². The molecule has 0 atom stereocenters. The number of nitrogens with zero attached hydrogens (tertiary/aromatic N) is 3. The molecule has 0 bridgehead atoms. The van der Waals surface area contributed by atoms with Gasteiger partial charge in [0.05, 0.1) is 0 Å². The van der Waals surface area contributed by atoms with Gasteiger partial charge in [-0.15, -0.1) is 0 Å². The molecule has 0 fully saturated rings. The van der Waals surface area contributed by atoms with Crippen molar-refractivity contribution < 1.29 is 18.8 Å². The first kappa shape index (κ1) is 21.1. The second kappa shape index (κ2) is 9.26. The summed E-state index contributed by atoms with van der Waals surface area (Å²) in [5.74, 6) is -0.583. The van der Waals surface area contributed by atoms with Crippen LogP contribution in [0, 0.1) is 6.92 Å². The minimum atomic E-state index is -0.635. The third-order valence-corrected chi connectivity index (χ3v) is 4.74. The van der Waals surface area contributed by atoms with Crippen molar-refractivity contribution in [3.63, 3.8) is 0 Å². The number of hydrogen-bond acceptors (Lipinski definition) is 6. The second-order valence-corrected chi connectivity index (χ2v) is 7.22. The summed E-state index contributed by atoms with van der Waals surface area (Å²) < 4.78 is 10.4. The highest BCUT2D eigenvalue weighted by atomic mass is 16.5. The van der Waals surface area contributed by atoms with Crippen molar-refractivity contribution in [1.29, 1.82) is 0 Å². The van der Waals surface area contributed by atoms with Gasteiger partial charge >= 0.3 is 5.97 Å². The fourth-order valence-corrected chi connectivity index (χ4v) is 2.98. The Morgan fingerprint density at radius 2 is 1.67 bits per heavy atom. The molecular formula is C23H25N3O4. The van der Waals surface area contributed by atoms with Crippen LogP contribution in [0.15, 0.2) is 59.1 Å². The highest BCUT2D eigenvalue weighted by Crippen LogP contribution is 2.25. The highest BCUT2D eigenvalue weighted by Gasteiger charge is 2.24. The van der Waals surface area contributed by atoms with Gasteiger partial charge in [-0.2, -0.15) is 0 Å². The third kappa shape index (κ3) is 4.86. The summed E-state index contributed by atoms with van der Waals surface area (Å²) in [5, 5.41) is 3.97. The highest BCUT2D eigenvalue weighted by molar-refractivity contribution is 5.98. The lowest BCUT2D eigenvalue weighted by Crippen LogP contribution is -2.31. The van der Waals surface area contributed by atoms with Crippen molar-refractivity contribution in [3.05, 3.63) is 71.5 Å². The maximum Gasteiger partial charge on any atom is 0.344 e. The minimum absolute atomic E-state index is 0.232. The first-order valence-electron chi connectivity index (χ1n) is 9.56. The zero-order valence-corrected chi connectivity index (χ0v) is 17.6. The van der Waals surface area contributed by atoms with Crippen molar-refractivity contribution in [3.8, 4) is 11.3 Å². The zero-order valence-electron chi connectivity index (χ0n) is 17.6. The molecule has 0 saturated heterocycles. The van der Waals surface area contributed by atoms with E-state index < -0.39 is 5.97 Å². The van der Waals surface area contributed by atoms with E-state index in [1.807, 2.05) is 73.6 Å². The Kier molecular flexibility index (Phi) is 6.51. The van der Waals surface area contributed by atoms with E-state index in [0.29, 0.717) is 18.0 Å².